The maximum Gasteiger partial charge on any atom is 0.273 e. The van der Waals surface area contributed by atoms with Crippen LogP contribution in [0.5, 0.6) is 5.75 Å². The lowest BCUT2D eigenvalue weighted by Crippen LogP contribution is -2.42. The topological polar surface area (TPSA) is 67.6 Å². The highest BCUT2D eigenvalue weighted by molar-refractivity contribution is 5.93. The number of nitrogens with zero attached hydrogens (tertiary/aromatic N) is 2. The molecule has 0 bridgehead atoms. The highest BCUT2D eigenvalue weighted by Crippen LogP contribution is 2.27. The minimum Gasteiger partial charge on any atom is -0.493 e. The van der Waals surface area contributed by atoms with Crippen molar-refractivity contribution in [2.45, 2.75) is 39.7 Å². The van der Waals surface area contributed by atoms with Crippen LogP contribution in [0.2, 0.25) is 0 Å². The standard InChI is InChI=1S/C28H35N3O3/c1-20(2)19-33-24-11-9-23(10-12-24)27-17-25(30-34-27)28(32)29-18-26(22-7-5-4-6-8-22)31-15-13-21(3)14-16-31/h4-12,17,20-21,26H,13-16,18-19H2,1-3H3,(H,29,32)/t26-/m1/s1. The summed E-state index contributed by atoms with van der Waals surface area (Å²) in [6, 6.07) is 19.9. The third-order valence-electron chi connectivity index (χ3n) is 6.36. The van der Waals surface area contributed by atoms with E-state index in [0.717, 1.165) is 30.3 Å². The molecule has 1 saturated heterocycles. The highest BCUT2D eigenvalue weighted by atomic mass is 16.5. The fourth-order valence-electron chi connectivity index (χ4n) is 4.25. The molecule has 1 aliphatic heterocycles. The molecule has 1 aromatic heterocycles. The van der Waals surface area contributed by atoms with Crippen molar-refractivity contribution in [1.29, 1.82) is 0 Å². The Morgan fingerprint density at radius 3 is 2.50 bits per heavy atom. The van der Waals surface area contributed by atoms with Crippen LogP contribution in [0.1, 0.15) is 55.7 Å². The highest BCUT2D eigenvalue weighted by Gasteiger charge is 2.25. The second-order valence-electron chi connectivity index (χ2n) is 9.66. The smallest absolute Gasteiger partial charge is 0.273 e. The van der Waals surface area contributed by atoms with Gasteiger partial charge in [-0.15, -0.1) is 0 Å². The summed E-state index contributed by atoms with van der Waals surface area (Å²) in [5, 5.41) is 7.10. The molecule has 1 amide bonds. The fourth-order valence-corrected chi connectivity index (χ4v) is 4.25. The van der Waals surface area contributed by atoms with Gasteiger partial charge >= 0.3 is 0 Å². The van der Waals surface area contributed by atoms with Gasteiger partial charge in [-0.1, -0.05) is 56.3 Å². The van der Waals surface area contributed by atoms with Crippen LogP contribution >= 0.6 is 0 Å². The monoisotopic (exact) mass is 461 g/mol. The number of likely N-dealkylation sites (tertiary alicyclic amines) is 1. The van der Waals surface area contributed by atoms with Crippen molar-refractivity contribution >= 4 is 5.91 Å². The molecule has 0 saturated carbocycles. The van der Waals surface area contributed by atoms with E-state index in [1.807, 2.05) is 30.3 Å². The van der Waals surface area contributed by atoms with Crippen molar-refractivity contribution in [3.05, 3.63) is 71.9 Å². The second kappa shape index (κ2) is 11.3. The summed E-state index contributed by atoms with van der Waals surface area (Å²) in [6.45, 7) is 9.83. The molecule has 0 aliphatic carbocycles. The average molecular weight is 462 g/mol. The number of rotatable bonds is 9. The van der Waals surface area contributed by atoms with Gasteiger partial charge in [-0.05, 0) is 67.6 Å². The van der Waals surface area contributed by atoms with E-state index in [9.17, 15) is 4.79 Å². The number of hydrogen-bond acceptors (Lipinski definition) is 5. The lowest BCUT2D eigenvalue weighted by Gasteiger charge is -2.37. The van der Waals surface area contributed by atoms with Crippen LogP contribution in [-0.2, 0) is 0 Å². The Morgan fingerprint density at radius 2 is 1.82 bits per heavy atom. The third-order valence-corrected chi connectivity index (χ3v) is 6.36. The number of amides is 1. The van der Waals surface area contributed by atoms with Gasteiger partial charge in [0.2, 0.25) is 0 Å². The average Bonchev–Trinajstić information content (AvgIpc) is 3.35. The largest absolute Gasteiger partial charge is 0.493 e. The first-order chi connectivity index (χ1) is 16.5. The van der Waals surface area contributed by atoms with Gasteiger partial charge in [0.15, 0.2) is 11.5 Å². The van der Waals surface area contributed by atoms with Crippen LogP contribution in [0, 0.1) is 11.8 Å². The maximum atomic E-state index is 12.9. The molecule has 2 heterocycles. The first kappa shape index (κ1) is 24.0. The molecule has 0 radical (unpaired) electrons. The van der Waals surface area contributed by atoms with Crippen LogP contribution in [-0.4, -0.2) is 42.2 Å². The van der Waals surface area contributed by atoms with Crippen molar-refractivity contribution < 1.29 is 14.1 Å². The number of piperidine rings is 1. The minimum absolute atomic E-state index is 0.141. The van der Waals surface area contributed by atoms with Gasteiger partial charge in [-0.3, -0.25) is 9.69 Å². The number of hydrogen-bond donors (Lipinski definition) is 1. The molecule has 1 fully saturated rings. The Labute approximate surface area is 202 Å². The van der Waals surface area contributed by atoms with Crippen LogP contribution in [0.15, 0.2) is 65.2 Å². The lowest BCUT2D eigenvalue weighted by molar-refractivity contribution is 0.0904. The molecule has 180 valence electrons. The third kappa shape index (κ3) is 6.26. The van der Waals surface area contributed by atoms with Gasteiger partial charge in [0, 0.05) is 18.2 Å². The van der Waals surface area contributed by atoms with Crippen molar-refractivity contribution in [3.8, 4) is 17.1 Å². The Kier molecular flexibility index (Phi) is 8.01. The number of carbonyl (C=O) groups excluding carboxylic acids is 1. The second-order valence-corrected chi connectivity index (χ2v) is 9.66. The van der Waals surface area contributed by atoms with E-state index in [4.69, 9.17) is 9.26 Å². The molecular formula is C28H35N3O3. The number of aromatic nitrogens is 1. The van der Waals surface area contributed by atoms with Gasteiger partial charge < -0.3 is 14.6 Å². The maximum absolute atomic E-state index is 12.9. The lowest BCUT2D eigenvalue weighted by atomic mass is 9.95. The van der Waals surface area contributed by atoms with Crippen molar-refractivity contribution in [3.63, 3.8) is 0 Å². The van der Waals surface area contributed by atoms with E-state index in [2.05, 4.69) is 60.4 Å². The van der Waals surface area contributed by atoms with E-state index in [-0.39, 0.29) is 17.6 Å². The summed E-state index contributed by atoms with van der Waals surface area (Å²) in [5.41, 5.74) is 2.36. The van der Waals surface area contributed by atoms with Gasteiger partial charge in [-0.2, -0.15) is 0 Å². The molecule has 1 N–H and O–H groups in total. The van der Waals surface area contributed by atoms with Crippen LogP contribution in [0.3, 0.4) is 0 Å². The van der Waals surface area contributed by atoms with E-state index in [1.165, 1.54) is 18.4 Å². The normalized spacial score (nSPS) is 15.9. The van der Waals surface area contributed by atoms with Crippen molar-refractivity contribution in [2.75, 3.05) is 26.2 Å². The number of ether oxygens (including phenoxy) is 1. The molecule has 4 rings (SSSR count). The molecule has 6 heteroatoms. The van der Waals surface area contributed by atoms with Crippen LogP contribution in [0.4, 0.5) is 0 Å². The molecule has 2 aromatic carbocycles. The SMILES string of the molecule is CC(C)COc1ccc(-c2cc(C(=O)NC[C@H](c3ccccc3)N3CCC(C)CC3)no2)cc1. The summed E-state index contributed by atoms with van der Waals surface area (Å²) in [6.07, 6.45) is 2.37. The fraction of sp³-hybridized carbons (Fsp3) is 0.429. The first-order valence-corrected chi connectivity index (χ1v) is 12.3. The molecule has 34 heavy (non-hydrogen) atoms. The van der Waals surface area contributed by atoms with E-state index >= 15 is 0 Å². The molecular weight excluding hydrogens is 426 g/mol. The zero-order chi connectivity index (χ0) is 23.9. The minimum atomic E-state index is -0.224. The Hall–Kier alpha value is -3.12. The molecule has 3 aromatic rings. The number of nitrogens with one attached hydrogen (secondary N) is 1. The number of carbonyl (C=O) groups is 1. The molecule has 0 unspecified atom stereocenters. The van der Waals surface area contributed by atoms with E-state index < -0.39 is 0 Å². The molecule has 0 spiro atoms. The zero-order valence-electron chi connectivity index (χ0n) is 20.4. The first-order valence-electron chi connectivity index (χ1n) is 12.3. The zero-order valence-corrected chi connectivity index (χ0v) is 20.4. The molecule has 1 aliphatic rings. The van der Waals surface area contributed by atoms with Gasteiger partial charge in [0.1, 0.15) is 5.75 Å². The van der Waals surface area contributed by atoms with Gasteiger partial charge in [0.25, 0.3) is 5.91 Å². The van der Waals surface area contributed by atoms with Crippen molar-refractivity contribution in [1.82, 2.24) is 15.4 Å². The van der Waals surface area contributed by atoms with Gasteiger partial charge in [0.05, 0.1) is 12.6 Å². The van der Waals surface area contributed by atoms with E-state index in [1.54, 1.807) is 6.07 Å². The van der Waals surface area contributed by atoms with Crippen LogP contribution < -0.4 is 10.1 Å². The van der Waals surface area contributed by atoms with E-state index in [0.29, 0.717) is 24.8 Å². The number of benzene rings is 2. The Morgan fingerprint density at radius 1 is 1.12 bits per heavy atom. The predicted octanol–water partition coefficient (Wildman–Crippen LogP) is 5.58. The summed E-state index contributed by atoms with van der Waals surface area (Å²) < 4.78 is 11.2. The predicted molar refractivity (Wildman–Crippen MR) is 134 cm³/mol. The quantitative estimate of drug-likeness (QED) is 0.451. The molecule has 6 nitrogen and oxygen atoms in total. The van der Waals surface area contributed by atoms with Gasteiger partial charge in [-0.25, -0.2) is 0 Å². The van der Waals surface area contributed by atoms with Crippen LogP contribution in [0.25, 0.3) is 11.3 Å². The Bertz CT molecular complexity index is 1040. The summed E-state index contributed by atoms with van der Waals surface area (Å²) >= 11 is 0. The summed E-state index contributed by atoms with van der Waals surface area (Å²) in [7, 11) is 0. The molecule has 1 atom stereocenters. The Balaban J connectivity index is 1.39. The summed E-state index contributed by atoms with van der Waals surface area (Å²) in [5.74, 6) is 2.37. The summed E-state index contributed by atoms with van der Waals surface area (Å²) in [4.78, 5) is 15.4. The van der Waals surface area contributed by atoms with Crippen molar-refractivity contribution in [2.24, 2.45) is 11.8 Å².